The molecule has 0 radical (unpaired) electrons. The Morgan fingerprint density at radius 3 is 2.50 bits per heavy atom. The highest BCUT2D eigenvalue weighted by Gasteiger charge is 2.45. The third-order valence-corrected chi connectivity index (χ3v) is 3.86. The molecule has 0 aliphatic carbocycles. The van der Waals surface area contributed by atoms with E-state index in [2.05, 4.69) is 13.8 Å². The maximum absolute atomic E-state index is 12.8. The molecule has 1 aromatic rings. The van der Waals surface area contributed by atoms with Crippen LogP contribution in [0.3, 0.4) is 0 Å². The Labute approximate surface area is 120 Å². The Kier molecular flexibility index (Phi) is 3.93. The second-order valence-electron chi connectivity index (χ2n) is 5.77. The van der Waals surface area contributed by atoms with Crippen molar-refractivity contribution < 1.29 is 14.6 Å². The van der Waals surface area contributed by atoms with E-state index in [-0.39, 0.29) is 11.7 Å². The first-order chi connectivity index (χ1) is 9.43. The molecule has 4 heteroatoms. The predicted octanol–water partition coefficient (Wildman–Crippen LogP) is 3.33. The highest BCUT2D eigenvalue weighted by Crippen LogP contribution is 2.42. The summed E-state index contributed by atoms with van der Waals surface area (Å²) in [6.07, 6.45) is 1.27. The minimum atomic E-state index is -0.779. The number of hydrogen-bond acceptors (Lipinski definition) is 3. The molecule has 1 aliphatic heterocycles. The van der Waals surface area contributed by atoms with Gasteiger partial charge >= 0.3 is 0 Å². The third kappa shape index (κ3) is 2.35. The standard InChI is InChI=1S/C16H23NO3/c1-5-16(6-2)15(19)17(10-11(3)4)13-9-12(18)7-8-14(13)20-16/h7-9,11,18H,5-6,10H2,1-4H3. The van der Waals surface area contributed by atoms with Crippen LogP contribution in [-0.4, -0.2) is 23.2 Å². The van der Waals surface area contributed by atoms with Crippen molar-refractivity contribution in [1.29, 1.82) is 0 Å². The van der Waals surface area contributed by atoms with Crippen molar-refractivity contribution in [3.05, 3.63) is 18.2 Å². The highest BCUT2D eigenvalue weighted by atomic mass is 16.5. The first kappa shape index (κ1) is 14.7. The van der Waals surface area contributed by atoms with Gasteiger partial charge in [-0.25, -0.2) is 0 Å². The van der Waals surface area contributed by atoms with Crippen LogP contribution in [0.5, 0.6) is 11.5 Å². The SMILES string of the molecule is CCC1(CC)Oc2ccc(O)cc2N(CC(C)C)C1=O. The Hall–Kier alpha value is -1.71. The molecule has 0 spiro atoms. The molecule has 0 atom stereocenters. The fourth-order valence-electron chi connectivity index (χ4n) is 2.66. The molecule has 20 heavy (non-hydrogen) atoms. The summed E-state index contributed by atoms with van der Waals surface area (Å²) in [4.78, 5) is 14.6. The van der Waals surface area contributed by atoms with Crippen molar-refractivity contribution in [2.75, 3.05) is 11.4 Å². The van der Waals surface area contributed by atoms with E-state index in [0.717, 1.165) is 0 Å². The Morgan fingerprint density at radius 1 is 1.30 bits per heavy atom. The molecule has 110 valence electrons. The molecule has 0 bridgehead atoms. The summed E-state index contributed by atoms with van der Waals surface area (Å²) in [5.74, 6) is 1.16. The van der Waals surface area contributed by atoms with Crippen molar-refractivity contribution in [3.63, 3.8) is 0 Å². The van der Waals surface area contributed by atoms with Gasteiger partial charge in [0.15, 0.2) is 5.60 Å². The topological polar surface area (TPSA) is 49.8 Å². The number of phenolic OH excluding ortho intramolecular Hbond substituents is 1. The van der Waals surface area contributed by atoms with Crippen LogP contribution in [0.4, 0.5) is 5.69 Å². The number of anilines is 1. The number of amides is 1. The summed E-state index contributed by atoms with van der Waals surface area (Å²) >= 11 is 0. The lowest BCUT2D eigenvalue weighted by Gasteiger charge is -2.42. The van der Waals surface area contributed by atoms with Crippen molar-refractivity contribution in [1.82, 2.24) is 0 Å². The molecule has 0 aromatic heterocycles. The smallest absolute Gasteiger partial charge is 0.271 e. The van der Waals surface area contributed by atoms with Gasteiger partial charge in [0, 0.05) is 12.6 Å². The van der Waals surface area contributed by atoms with E-state index < -0.39 is 5.60 Å². The molecule has 0 saturated heterocycles. The van der Waals surface area contributed by atoms with Crippen molar-refractivity contribution in [3.8, 4) is 11.5 Å². The molecule has 1 aromatic carbocycles. The second-order valence-corrected chi connectivity index (χ2v) is 5.77. The van der Waals surface area contributed by atoms with E-state index in [1.807, 2.05) is 13.8 Å². The Morgan fingerprint density at radius 2 is 1.95 bits per heavy atom. The molecule has 2 rings (SSSR count). The van der Waals surface area contributed by atoms with Gasteiger partial charge in [-0.3, -0.25) is 4.79 Å². The molecular formula is C16H23NO3. The van der Waals surface area contributed by atoms with Crippen molar-refractivity contribution >= 4 is 11.6 Å². The van der Waals surface area contributed by atoms with Gasteiger partial charge < -0.3 is 14.7 Å². The molecule has 4 nitrogen and oxygen atoms in total. The first-order valence-electron chi connectivity index (χ1n) is 7.27. The highest BCUT2D eigenvalue weighted by molar-refractivity contribution is 6.03. The molecule has 0 unspecified atom stereocenters. The number of aromatic hydroxyl groups is 1. The van der Waals surface area contributed by atoms with Gasteiger partial charge in [-0.1, -0.05) is 27.7 Å². The summed E-state index contributed by atoms with van der Waals surface area (Å²) in [6.45, 7) is 8.72. The maximum atomic E-state index is 12.8. The number of phenols is 1. The van der Waals surface area contributed by atoms with E-state index in [9.17, 15) is 9.90 Å². The van der Waals surface area contributed by atoms with Crippen LogP contribution < -0.4 is 9.64 Å². The molecular weight excluding hydrogens is 254 g/mol. The van der Waals surface area contributed by atoms with Crippen LogP contribution in [0.1, 0.15) is 40.5 Å². The number of rotatable bonds is 4. The van der Waals surface area contributed by atoms with E-state index in [4.69, 9.17) is 4.74 Å². The average molecular weight is 277 g/mol. The lowest BCUT2D eigenvalue weighted by Crippen LogP contribution is -2.56. The number of fused-ring (bicyclic) bond motifs is 1. The monoisotopic (exact) mass is 277 g/mol. The summed E-state index contributed by atoms with van der Waals surface area (Å²) in [5, 5.41) is 9.68. The van der Waals surface area contributed by atoms with E-state index >= 15 is 0 Å². The molecule has 1 amide bonds. The van der Waals surface area contributed by atoms with Gasteiger partial charge in [-0.2, -0.15) is 0 Å². The Balaban J connectivity index is 2.53. The molecule has 1 N–H and O–H groups in total. The Bertz CT molecular complexity index is 506. The number of benzene rings is 1. The molecule has 0 saturated carbocycles. The normalized spacial score (nSPS) is 17.1. The summed E-state index contributed by atoms with van der Waals surface area (Å²) in [6, 6.07) is 4.94. The van der Waals surface area contributed by atoms with Gasteiger partial charge in [-0.15, -0.1) is 0 Å². The van der Waals surface area contributed by atoms with Crippen LogP contribution in [0.15, 0.2) is 18.2 Å². The fourth-order valence-corrected chi connectivity index (χ4v) is 2.66. The molecule has 0 fully saturated rings. The van der Waals surface area contributed by atoms with E-state index in [1.54, 1.807) is 23.1 Å². The number of nitrogens with zero attached hydrogens (tertiary/aromatic N) is 1. The van der Waals surface area contributed by atoms with E-state index in [1.165, 1.54) is 0 Å². The first-order valence-corrected chi connectivity index (χ1v) is 7.27. The van der Waals surface area contributed by atoms with Crippen LogP contribution >= 0.6 is 0 Å². The number of ether oxygens (including phenoxy) is 1. The van der Waals surface area contributed by atoms with Crippen LogP contribution in [0.25, 0.3) is 0 Å². The fraction of sp³-hybridized carbons (Fsp3) is 0.562. The lowest BCUT2D eigenvalue weighted by molar-refractivity contribution is -0.136. The second kappa shape index (κ2) is 5.35. The van der Waals surface area contributed by atoms with Gasteiger partial charge in [-0.05, 0) is 30.9 Å². The zero-order valence-electron chi connectivity index (χ0n) is 12.6. The zero-order chi connectivity index (χ0) is 14.9. The minimum absolute atomic E-state index is 0.00528. The number of carbonyl (C=O) groups excluding carboxylic acids is 1. The van der Waals surface area contributed by atoms with Gasteiger partial charge in [0.05, 0.1) is 5.69 Å². The molecule has 1 aliphatic rings. The van der Waals surface area contributed by atoms with Gasteiger partial charge in [0.25, 0.3) is 5.91 Å². The minimum Gasteiger partial charge on any atom is -0.508 e. The summed E-state index contributed by atoms with van der Waals surface area (Å²) in [5.41, 5.74) is -0.111. The molecule has 1 heterocycles. The van der Waals surface area contributed by atoms with Gasteiger partial charge in [0.1, 0.15) is 11.5 Å². The van der Waals surface area contributed by atoms with Crippen LogP contribution in [0, 0.1) is 5.92 Å². The van der Waals surface area contributed by atoms with Crippen LogP contribution in [0.2, 0.25) is 0 Å². The summed E-state index contributed by atoms with van der Waals surface area (Å²) in [7, 11) is 0. The largest absolute Gasteiger partial charge is 0.508 e. The van der Waals surface area contributed by atoms with Crippen LogP contribution in [-0.2, 0) is 4.79 Å². The third-order valence-electron chi connectivity index (χ3n) is 3.86. The van der Waals surface area contributed by atoms with Crippen molar-refractivity contribution in [2.45, 2.75) is 46.1 Å². The zero-order valence-corrected chi connectivity index (χ0v) is 12.6. The lowest BCUT2D eigenvalue weighted by atomic mass is 9.92. The number of carbonyl (C=O) groups is 1. The predicted molar refractivity (Wildman–Crippen MR) is 79.2 cm³/mol. The summed E-state index contributed by atoms with van der Waals surface area (Å²) < 4.78 is 5.99. The van der Waals surface area contributed by atoms with E-state index in [0.29, 0.717) is 36.7 Å². The quantitative estimate of drug-likeness (QED) is 0.918. The number of hydrogen-bond donors (Lipinski definition) is 1. The average Bonchev–Trinajstić information content (AvgIpc) is 2.42. The van der Waals surface area contributed by atoms with Crippen molar-refractivity contribution in [2.24, 2.45) is 5.92 Å². The maximum Gasteiger partial charge on any atom is 0.271 e. The van der Waals surface area contributed by atoms with Gasteiger partial charge in [0.2, 0.25) is 0 Å².